The van der Waals surface area contributed by atoms with E-state index in [2.05, 4.69) is 11.1 Å². The lowest BCUT2D eigenvalue weighted by Crippen LogP contribution is -2.38. The summed E-state index contributed by atoms with van der Waals surface area (Å²) in [5, 5.41) is 3.50. The molecule has 2 aromatic heterocycles. The van der Waals surface area contributed by atoms with Crippen LogP contribution in [-0.2, 0) is 6.42 Å². The number of nitrogens with zero attached hydrogens (tertiary/aromatic N) is 3. The van der Waals surface area contributed by atoms with Crippen LogP contribution in [0.1, 0.15) is 12.6 Å². The molecule has 0 atom stereocenters. The average Bonchev–Trinajstić information content (AvgIpc) is 2.55. The monoisotopic (exact) mass is 279 g/mol. The van der Waals surface area contributed by atoms with E-state index in [0.29, 0.717) is 0 Å². The van der Waals surface area contributed by atoms with Crippen molar-refractivity contribution in [1.82, 2.24) is 9.66 Å². The molecule has 0 aliphatic heterocycles. The highest BCUT2D eigenvalue weighted by molar-refractivity contribution is 5.82. The van der Waals surface area contributed by atoms with E-state index in [4.69, 9.17) is 0 Å². The molecule has 1 aromatic carbocycles. The summed E-state index contributed by atoms with van der Waals surface area (Å²) in [6.07, 6.45) is 2.50. The molecular formula is C17H17N3O. The molecular weight excluding hydrogens is 262 g/mol. The van der Waals surface area contributed by atoms with E-state index in [0.717, 1.165) is 28.7 Å². The van der Waals surface area contributed by atoms with Gasteiger partial charge in [-0.25, -0.2) is 9.66 Å². The Morgan fingerprint density at radius 3 is 2.62 bits per heavy atom. The van der Waals surface area contributed by atoms with Crippen LogP contribution in [0.3, 0.4) is 0 Å². The molecule has 0 fully saturated rings. The molecule has 3 rings (SSSR count). The fourth-order valence-electron chi connectivity index (χ4n) is 2.53. The molecule has 2 heterocycles. The number of anilines is 1. The molecule has 0 aliphatic rings. The zero-order valence-electron chi connectivity index (χ0n) is 12.2. The minimum absolute atomic E-state index is 0.0156. The van der Waals surface area contributed by atoms with Crippen molar-refractivity contribution >= 4 is 16.6 Å². The molecule has 0 N–H and O–H groups in total. The van der Waals surface area contributed by atoms with E-state index < -0.39 is 0 Å². The van der Waals surface area contributed by atoms with Crippen LogP contribution in [0.4, 0.5) is 5.82 Å². The first kappa shape index (κ1) is 13.4. The number of fused-ring (bicyclic) bond motifs is 1. The van der Waals surface area contributed by atoms with Crippen LogP contribution in [0.25, 0.3) is 10.8 Å². The van der Waals surface area contributed by atoms with E-state index >= 15 is 0 Å². The van der Waals surface area contributed by atoms with Gasteiger partial charge in [0.1, 0.15) is 5.82 Å². The number of hydrogen-bond donors (Lipinski definition) is 0. The van der Waals surface area contributed by atoms with Crippen LogP contribution < -0.4 is 10.6 Å². The Kier molecular flexibility index (Phi) is 3.44. The lowest BCUT2D eigenvalue weighted by atomic mass is 10.1. The molecule has 0 aliphatic carbocycles. The predicted molar refractivity (Wildman–Crippen MR) is 85.6 cm³/mol. The van der Waals surface area contributed by atoms with E-state index in [1.807, 2.05) is 56.4 Å². The van der Waals surface area contributed by atoms with Gasteiger partial charge in [0.15, 0.2) is 0 Å². The Hall–Kier alpha value is -2.62. The van der Waals surface area contributed by atoms with Crippen LogP contribution in [0.2, 0.25) is 0 Å². The number of hydrogen-bond acceptors (Lipinski definition) is 3. The van der Waals surface area contributed by atoms with E-state index in [1.54, 1.807) is 15.9 Å². The van der Waals surface area contributed by atoms with Crippen molar-refractivity contribution in [3.05, 3.63) is 70.8 Å². The third kappa shape index (κ3) is 2.29. The number of benzene rings is 1. The molecule has 0 bridgehead atoms. The second kappa shape index (κ2) is 5.40. The zero-order chi connectivity index (χ0) is 14.8. The van der Waals surface area contributed by atoms with Gasteiger partial charge in [0.05, 0.1) is 0 Å². The molecule has 21 heavy (non-hydrogen) atoms. The normalized spacial score (nSPS) is 10.8. The van der Waals surface area contributed by atoms with Gasteiger partial charge >= 0.3 is 0 Å². The molecule has 0 amide bonds. The van der Waals surface area contributed by atoms with Gasteiger partial charge in [-0.05, 0) is 36.1 Å². The lowest BCUT2D eigenvalue weighted by molar-refractivity contribution is 0.689. The van der Waals surface area contributed by atoms with Crippen molar-refractivity contribution in [1.29, 1.82) is 0 Å². The molecule has 0 spiro atoms. The van der Waals surface area contributed by atoms with Crippen LogP contribution in [-0.4, -0.2) is 16.7 Å². The maximum absolute atomic E-state index is 12.8. The first-order valence-corrected chi connectivity index (χ1v) is 7.01. The SMILES string of the molecule is CCc1cc2ccccc2c(=O)n1N(C)c1ccccn1. The fraction of sp³-hybridized carbons (Fsp3) is 0.176. The topological polar surface area (TPSA) is 38.1 Å². The number of aryl methyl sites for hydroxylation is 1. The lowest BCUT2D eigenvalue weighted by Gasteiger charge is -2.24. The Bertz CT molecular complexity index is 824. The minimum atomic E-state index is -0.0156. The summed E-state index contributed by atoms with van der Waals surface area (Å²) < 4.78 is 1.70. The molecule has 0 radical (unpaired) electrons. The van der Waals surface area contributed by atoms with Crippen molar-refractivity contribution in [3.8, 4) is 0 Å². The van der Waals surface area contributed by atoms with Gasteiger partial charge < -0.3 is 0 Å². The first-order valence-electron chi connectivity index (χ1n) is 7.01. The highest BCUT2D eigenvalue weighted by Gasteiger charge is 2.13. The highest BCUT2D eigenvalue weighted by atomic mass is 16.1. The molecule has 4 nitrogen and oxygen atoms in total. The maximum atomic E-state index is 12.8. The van der Waals surface area contributed by atoms with Crippen LogP contribution in [0.15, 0.2) is 59.5 Å². The Morgan fingerprint density at radius 1 is 1.14 bits per heavy atom. The second-order valence-corrected chi connectivity index (χ2v) is 4.90. The van der Waals surface area contributed by atoms with Crippen molar-refractivity contribution in [2.24, 2.45) is 0 Å². The van der Waals surface area contributed by atoms with Gasteiger partial charge in [-0.3, -0.25) is 9.80 Å². The summed E-state index contributed by atoms with van der Waals surface area (Å²) in [4.78, 5) is 17.1. The number of pyridine rings is 2. The summed E-state index contributed by atoms with van der Waals surface area (Å²) in [5.74, 6) is 0.740. The van der Waals surface area contributed by atoms with Gasteiger partial charge in [0, 0.05) is 24.3 Å². The fourth-order valence-corrected chi connectivity index (χ4v) is 2.53. The summed E-state index contributed by atoms with van der Waals surface area (Å²) >= 11 is 0. The van der Waals surface area contributed by atoms with E-state index in [-0.39, 0.29) is 5.56 Å². The second-order valence-electron chi connectivity index (χ2n) is 4.90. The molecule has 106 valence electrons. The Balaban J connectivity index is 2.26. The zero-order valence-corrected chi connectivity index (χ0v) is 12.2. The molecule has 0 saturated heterocycles. The maximum Gasteiger partial charge on any atom is 0.277 e. The van der Waals surface area contributed by atoms with Gasteiger partial charge in [0.25, 0.3) is 5.56 Å². The van der Waals surface area contributed by atoms with E-state index in [1.165, 1.54) is 0 Å². The van der Waals surface area contributed by atoms with Crippen LogP contribution >= 0.6 is 0 Å². The predicted octanol–water partition coefficient (Wildman–Crippen LogP) is 2.86. The summed E-state index contributed by atoms with van der Waals surface area (Å²) in [5.41, 5.74) is 0.949. The minimum Gasteiger partial charge on any atom is -0.267 e. The standard InChI is InChI=1S/C17H17N3O/c1-3-14-12-13-8-4-5-9-15(13)17(21)20(14)19(2)16-10-6-7-11-18-16/h4-12H,3H2,1-2H3. The van der Waals surface area contributed by atoms with Crippen molar-refractivity contribution in [2.75, 3.05) is 12.1 Å². The molecule has 4 heteroatoms. The Labute approximate surface area is 123 Å². The highest BCUT2D eigenvalue weighted by Crippen LogP contribution is 2.15. The number of rotatable bonds is 3. The quantitative estimate of drug-likeness (QED) is 0.740. The van der Waals surface area contributed by atoms with Gasteiger partial charge in [-0.1, -0.05) is 31.2 Å². The molecule has 3 aromatic rings. The third-order valence-electron chi connectivity index (χ3n) is 3.62. The first-order chi connectivity index (χ1) is 10.2. The average molecular weight is 279 g/mol. The summed E-state index contributed by atoms with van der Waals surface area (Å²) in [6.45, 7) is 2.05. The molecule has 0 saturated carbocycles. The third-order valence-corrected chi connectivity index (χ3v) is 3.62. The van der Waals surface area contributed by atoms with Gasteiger partial charge in [-0.2, -0.15) is 0 Å². The van der Waals surface area contributed by atoms with E-state index in [9.17, 15) is 4.79 Å². The van der Waals surface area contributed by atoms with Gasteiger partial charge in [0.2, 0.25) is 0 Å². The number of aromatic nitrogens is 2. The summed E-state index contributed by atoms with van der Waals surface area (Å²) in [6, 6.07) is 15.4. The van der Waals surface area contributed by atoms with Gasteiger partial charge in [-0.15, -0.1) is 0 Å². The molecule has 0 unspecified atom stereocenters. The Morgan fingerprint density at radius 2 is 1.90 bits per heavy atom. The summed E-state index contributed by atoms with van der Waals surface area (Å²) in [7, 11) is 1.86. The largest absolute Gasteiger partial charge is 0.277 e. The van der Waals surface area contributed by atoms with Crippen LogP contribution in [0.5, 0.6) is 0 Å². The van der Waals surface area contributed by atoms with Crippen molar-refractivity contribution in [2.45, 2.75) is 13.3 Å². The van der Waals surface area contributed by atoms with Crippen molar-refractivity contribution in [3.63, 3.8) is 0 Å². The van der Waals surface area contributed by atoms with Crippen molar-refractivity contribution < 1.29 is 0 Å². The van der Waals surface area contributed by atoms with Crippen LogP contribution in [0, 0.1) is 0 Å². The smallest absolute Gasteiger partial charge is 0.267 e.